The molecule has 0 spiro atoms. The fraction of sp³-hybridized carbons (Fsp3) is 0.400. The zero-order valence-corrected chi connectivity index (χ0v) is 13.0. The van der Waals surface area contributed by atoms with Gasteiger partial charge in [0, 0.05) is 29.6 Å². The minimum atomic E-state index is -0.0758. The number of nitrogens with two attached hydrogens (primary N) is 1. The highest BCUT2D eigenvalue weighted by Gasteiger charge is 2.23. The van der Waals surface area contributed by atoms with Crippen molar-refractivity contribution < 1.29 is 4.79 Å². The molecule has 0 bridgehead atoms. The summed E-state index contributed by atoms with van der Waals surface area (Å²) in [5, 5.41) is 5.06. The van der Waals surface area contributed by atoms with Gasteiger partial charge in [0.25, 0.3) is 5.91 Å². The Morgan fingerprint density at radius 2 is 2.25 bits per heavy atom. The van der Waals surface area contributed by atoms with Crippen LogP contribution in [0.25, 0.3) is 0 Å². The largest absolute Gasteiger partial charge is 0.397 e. The number of carbonyl (C=O) groups excluding carboxylic acids is 1. The third-order valence-electron chi connectivity index (χ3n) is 3.37. The van der Waals surface area contributed by atoms with Crippen molar-refractivity contribution in [3.05, 3.63) is 40.3 Å². The van der Waals surface area contributed by atoms with E-state index in [0.717, 1.165) is 6.54 Å². The summed E-state index contributed by atoms with van der Waals surface area (Å²) < 4.78 is 1.86. The Labute approximate surface area is 123 Å². The van der Waals surface area contributed by atoms with Crippen molar-refractivity contribution in [1.29, 1.82) is 0 Å². The lowest BCUT2D eigenvalue weighted by Gasteiger charge is -2.23. The quantitative estimate of drug-likeness (QED) is 0.890. The van der Waals surface area contributed by atoms with Gasteiger partial charge in [-0.25, -0.2) is 0 Å². The van der Waals surface area contributed by atoms with Crippen LogP contribution >= 0.6 is 11.3 Å². The van der Waals surface area contributed by atoms with Gasteiger partial charge >= 0.3 is 0 Å². The predicted octanol–water partition coefficient (Wildman–Crippen LogP) is 2.86. The second kappa shape index (κ2) is 5.71. The van der Waals surface area contributed by atoms with Crippen molar-refractivity contribution in [3.8, 4) is 0 Å². The van der Waals surface area contributed by atoms with Crippen LogP contribution in [0.5, 0.6) is 0 Å². The highest BCUT2D eigenvalue weighted by molar-refractivity contribution is 7.10. The predicted molar refractivity (Wildman–Crippen MR) is 84.2 cm³/mol. The second-order valence-electron chi connectivity index (χ2n) is 5.49. The number of rotatable bonds is 5. The SMILES string of the molecule is CCn1cc(N)cc1C(=O)NCC(C)(C)c1cccs1. The van der Waals surface area contributed by atoms with Gasteiger partial charge in [0.1, 0.15) is 5.69 Å². The molecule has 0 unspecified atom stereocenters. The summed E-state index contributed by atoms with van der Waals surface area (Å²) in [5.74, 6) is -0.0758. The molecule has 0 saturated carbocycles. The Hall–Kier alpha value is -1.75. The highest BCUT2D eigenvalue weighted by atomic mass is 32.1. The average molecular weight is 291 g/mol. The lowest BCUT2D eigenvalue weighted by Crippen LogP contribution is -2.36. The summed E-state index contributed by atoms with van der Waals surface area (Å²) in [6, 6.07) is 5.85. The van der Waals surface area contributed by atoms with Crippen molar-refractivity contribution in [2.75, 3.05) is 12.3 Å². The van der Waals surface area contributed by atoms with Crippen LogP contribution < -0.4 is 11.1 Å². The topological polar surface area (TPSA) is 60.0 Å². The van der Waals surface area contributed by atoms with Crippen molar-refractivity contribution in [2.24, 2.45) is 0 Å². The van der Waals surface area contributed by atoms with E-state index in [1.807, 2.05) is 17.6 Å². The van der Waals surface area contributed by atoms with Gasteiger partial charge in [0.15, 0.2) is 0 Å². The summed E-state index contributed by atoms with van der Waals surface area (Å²) in [6.45, 7) is 7.58. The zero-order valence-electron chi connectivity index (χ0n) is 12.1. The lowest BCUT2D eigenvalue weighted by molar-refractivity contribution is 0.0936. The molecular weight excluding hydrogens is 270 g/mol. The van der Waals surface area contributed by atoms with E-state index in [4.69, 9.17) is 5.73 Å². The molecule has 0 atom stereocenters. The number of amides is 1. The Balaban J connectivity index is 2.05. The van der Waals surface area contributed by atoms with E-state index in [-0.39, 0.29) is 11.3 Å². The van der Waals surface area contributed by atoms with E-state index < -0.39 is 0 Å². The molecule has 2 heterocycles. The maximum absolute atomic E-state index is 12.3. The minimum absolute atomic E-state index is 0.0704. The van der Waals surface area contributed by atoms with Gasteiger partial charge < -0.3 is 15.6 Å². The first-order valence-electron chi connectivity index (χ1n) is 6.72. The van der Waals surface area contributed by atoms with Crippen LogP contribution in [0.15, 0.2) is 29.8 Å². The van der Waals surface area contributed by atoms with Crippen LogP contribution in [0, 0.1) is 0 Å². The summed E-state index contributed by atoms with van der Waals surface area (Å²) >= 11 is 1.71. The number of hydrogen-bond donors (Lipinski definition) is 2. The Morgan fingerprint density at radius 3 is 2.85 bits per heavy atom. The Kier molecular flexibility index (Phi) is 4.18. The number of nitrogen functional groups attached to an aromatic ring is 1. The maximum Gasteiger partial charge on any atom is 0.268 e. The first-order valence-corrected chi connectivity index (χ1v) is 7.60. The molecular formula is C15H21N3OS. The molecule has 3 N–H and O–H groups in total. The van der Waals surface area contributed by atoms with E-state index in [1.54, 1.807) is 23.6 Å². The van der Waals surface area contributed by atoms with Crippen LogP contribution in [-0.2, 0) is 12.0 Å². The summed E-state index contributed by atoms with van der Waals surface area (Å²) in [4.78, 5) is 13.5. The van der Waals surface area contributed by atoms with Gasteiger partial charge in [-0.2, -0.15) is 0 Å². The van der Waals surface area contributed by atoms with Gasteiger partial charge in [-0.15, -0.1) is 11.3 Å². The molecule has 2 aromatic rings. The molecule has 0 aliphatic heterocycles. The molecule has 1 amide bonds. The fourth-order valence-electron chi connectivity index (χ4n) is 2.13. The van der Waals surface area contributed by atoms with Crippen LogP contribution in [0.2, 0.25) is 0 Å². The normalized spacial score (nSPS) is 11.6. The molecule has 0 saturated heterocycles. The third kappa shape index (κ3) is 3.04. The number of hydrogen-bond acceptors (Lipinski definition) is 3. The Bertz CT molecular complexity index is 584. The van der Waals surface area contributed by atoms with Crippen molar-refractivity contribution in [2.45, 2.75) is 32.7 Å². The molecule has 4 nitrogen and oxygen atoms in total. The standard InChI is InChI=1S/C15H21N3OS/c1-4-18-9-11(16)8-12(18)14(19)17-10-15(2,3)13-6-5-7-20-13/h5-9H,4,10,16H2,1-3H3,(H,17,19). The number of carbonyl (C=O) groups is 1. The van der Waals surface area contributed by atoms with Crippen LogP contribution in [0.4, 0.5) is 5.69 Å². The minimum Gasteiger partial charge on any atom is -0.397 e. The van der Waals surface area contributed by atoms with E-state index in [0.29, 0.717) is 17.9 Å². The van der Waals surface area contributed by atoms with E-state index in [1.165, 1.54) is 4.88 Å². The van der Waals surface area contributed by atoms with Gasteiger partial charge in [-0.1, -0.05) is 19.9 Å². The van der Waals surface area contributed by atoms with Gasteiger partial charge in [0.05, 0.1) is 5.69 Å². The van der Waals surface area contributed by atoms with Crippen molar-refractivity contribution >= 4 is 22.9 Å². The van der Waals surface area contributed by atoms with E-state index in [2.05, 4.69) is 30.6 Å². The number of nitrogens with one attached hydrogen (secondary N) is 1. The maximum atomic E-state index is 12.3. The molecule has 2 rings (SSSR count). The fourth-order valence-corrected chi connectivity index (χ4v) is 2.98. The zero-order chi connectivity index (χ0) is 14.8. The number of anilines is 1. The molecule has 0 radical (unpaired) electrons. The summed E-state index contributed by atoms with van der Waals surface area (Å²) in [5.41, 5.74) is 6.92. The van der Waals surface area contributed by atoms with Crippen LogP contribution in [0.3, 0.4) is 0 Å². The second-order valence-corrected chi connectivity index (χ2v) is 6.44. The molecule has 0 aromatic carbocycles. The van der Waals surface area contributed by atoms with Crippen LogP contribution in [0.1, 0.15) is 36.1 Å². The average Bonchev–Trinajstić information content (AvgIpc) is 3.05. The number of aromatic nitrogens is 1. The third-order valence-corrected chi connectivity index (χ3v) is 4.61. The first-order chi connectivity index (χ1) is 9.44. The number of thiophene rings is 1. The molecule has 20 heavy (non-hydrogen) atoms. The molecule has 0 aliphatic carbocycles. The molecule has 108 valence electrons. The summed E-state index contributed by atoms with van der Waals surface area (Å²) in [6.07, 6.45) is 1.79. The molecule has 0 aliphatic rings. The van der Waals surface area contributed by atoms with E-state index >= 15 is 0 Å². The van der Waals surface area contributed by atoms with Gasteiger partial charge in [0.2, 0.25) is 0 Å². The van der Waals surface area contributed by atoms with Crippen LogP contribution in [-0.4, -0.2) is 17.0 Å². The molecule has 0 fully saturated rings. The summed E-state index contributed by atoms with van der Waals surface area (Å²) in [7, 11) is 0. The van der Waals surface area contributed by atoms with Gasteiger partial charge in [-0.3, -0.25) is 4.79 Å². The highest BCUT2D eigenvalue weighted by Crippen LogP contribution is 2.26. The Morgan fingerprint density at radius 1 is 1.50 bits per heavy atom. The monoisotopic (exact) mass is 291 g/mol. The first kappa shape index (κ1) is 14.7. The lowest BCUT2D eigenvalue weighted by atomic mass is 9.91. The van der Waals surface area contributed by atoms with Crippen molar-refractivity contribution in [1.82, 2.24) is 9.88 Å². The van der Waals surface area contributed by atoms with Gasteiger partial charge in [-0.05, 0) is 24.4 Å². The number of nitrogens with zero attached hydrogens (tertiary/aromatic N) is 1. The molecule has 5 heteroatoms. The molecule has 2 aromatic heterocycles. The smallest absolute Gasteiger partial charge is 0.268 e. The number of aryl methyl sites for hydroxylation is 1. The van der Waals surface area contributed by atoms with Crippen molar-refractivity contribution in [3.63, 3.8) is 0 Å². The van der Waals surface area contributed by atoms with E-state index in [9.17, 15) is 4.79 Å².